The average Bonchev–Trinajstić information content (AvgIpc) is 3.17. The monoisotopic (exact) mass is 355 g/mol. The second kappa shape index (κ2) is 7.24. The Kier molecular flexibility index (Phi) is 4.86. The van der Waals surface area contributed by atoms with Gasteiger partial charge in [0.25, 0.3) is 5.91 Å². The fourth-order valence-electron chi connectivity index (χ4n) is 3.49. The van der Waals surface area contributed by atoms with Crippen molar-refractivity contribution in [2.24, 2.45) is 0 Å². The van der Waals surface area contributed by atoms with Crippen LogP contribution >= 0.6 is 23.5 Å². The lowest BCUT2D eigenvalue weighted by Crippen LogP contribution is -2.30. The molecular weight excluding hydrogens is 334 g/mol. The summed E-state index contributed by atoms with van der Waals surface area (Å²) < 4.78 is 0.535. The van der Waals surface area contributed by atoms with Crippen LogP contribution in [0.5, 0.6) is 0 Å². The molecule has 2 aromatic carbocycles. The standard InChI is InChI=1S/C20H21NOS2/c22-19(15-8-10-16(11-9-15)20-23-12-13-24-20)21-18-7-3-5-14-4-1-2-6-17(14)18/h1-2,4,6,8-11,18,20H,3,5,7,12-13H2,(H,21,22)/t18-/m0/s1. The van der Waals surface area contributed by atoms with E-state index in [-0.39, 0.29) is 11.9 Å². The third kappa shape index (κ3) is 3.35. The first-order valence-corrected chi connectivity index (χ1v) is 10.6. The van der Waals surface area contributed by atoms with Gasteiger partial charge in [0.2, 0.25) is 0 Å². The third-order valence-electron chi connectivity index (χ3n) is 4.74. The first-order chi connectivity index (χ1) is 11.8. The molecule has 1 heterocycles. The zero-order valence-electron chi connectivity index (χ0n) is 13.5. The van der Waals surface area contributed by atoms with Gasteiger partial charge in [0.15, 0.2) is 0 Å². The highest BCUT2D eigenvalue weighted by molar-refractivity contribution is 8.19. The first kappa shape index (κ1) is 16.1. The molecule has 0 unspecified atom stereocenters. The second-order valence-corrected chi connectivity index (χ2v) is 9.04. The van der Waals surface area contributed by atoms with Crippen molar-refractivity contribution in [2.75, 3.05) is 11.5 Å². The molecule has 0 bridgehead atoms. The summed E-state index contributed by atoms with van der Waals surface area (Å²) in [5.74, 6) is 2.48. The van der Waals surface area contributed by atoms with E-state index in [4.69, 9.17) is 0 Å². The van der Waals surface area contributed by atoms with Gasteiger partial charge in [-0.1, -0.05) is 36.4 Å². The second-order valence-electron chi connectivity index (χ2n) is 6.31. The Labute approximate surface area is 151 Å². The van der Waals surface area contributed by atoms with Crippen molar-refractivity contribution >= 4 is 29.4 Å². The summed E-state index contributed by atoms with van der Waals surface area (Å²) in [7, 11) is 0. The number of carbonyl (C=O) groups is 1. The van der Waals surface area contributed by atoms with E-state index in [1.165, 1.54) is 28.2 Å². The molecule has 1 aliphatic heterocycles. The number of hydrogen-bond donors (Lipinski definition) is 1. The predicted molar refractivity (Wildman–Crippen MR) is 104 cm³/mol. The lowest BCUT2D eigenvalue weighted by molar-refractivity contribution is 0.0933. The number of fused-ring (bicyclic) bond motifs is 1. The van der Waals surface area contributed by atoms with Crippen LogP contribution in [-0.4, -0.2) is 17.4 Å². The normalized spacial score (nSPS) is 20.6. The molecule has 0 aromatic heterocycles. The molecule has 1 aliphatic carbocycles. The van der Waals surface area contributed by atoms with Gasteiger partial charge in [-0.3, -0.25) is 4.79 Å². The number of carbonyl (C=O) groups excluding carboxylic acids is 1. The Morgan fingerprint density at radius 3 is 2.54 bits per heavy atom. The molecule has 2 aromatic rings. The van der Waals surface area contributed by atoms with Gasteiger partial charge in [0.05, 0.1) is 10.6 Å². The van der Waals surface area contributed by atoms with E-state index in [0.29, 0.717) is 4.58 Å². The fraction of sp³-hybridized carbons (Fsp3) is 0.350. The molecule has 24 heavy (non-hydrogen) atoms. The molecule has 0 saturated carbocycles. The van der Waals surface area contributed by atoms with E-state index in [9.17, 15) is 4.79 Å². The van der Waals surface area contributed by atoms with Crippen LogP contribution in [0, 0.1) is 0 Å². The molecule has 4 heteroatoms. The summed E-state index contributed by atoms with van der Waals surface area (Å²) in [4.78, 5) is 12.6. The summed E-state index contributed by atoms with van der Waals surface area (Å²) in [5.41, 5.74) is 4.74. The molecule has 4 rings (SSSR count). The maximum absolute atomic E-state index is 12.6. The fourth-order valence-corrected chi connectivity index (χ4v) is 6.35. The van der Waals surface area contributed by atoms with Crippen LogP contribution in [0.25, 0.3) is 0 Å². The average molecular weight is 356 g/mol. The molecule has 2 aliphatic rings. The van der Waals surface area contributed by atoms with Gasteiger partial charge in [0.1, 0.15) is 0 Å². The number of hydrogen-bond acceptors (Lipinski definition) is 3. The van der Waals surface area contributed by atoms with Crippen molar-refractivity contribution in [3.8, 4) is 0 Å². The zero-order chi connectivity index (χ0) is 16.4. The molecule has 124 valence electrons. The van der Waals surface area contributed by atoms with E-state index in [1.54, 1.807) is 0 Å². The minimum absolute atomic E-state index is 0.0370. The Bertz CT molecular complexity index is 723. The number of rotatable bonds is 3. The molecule has 0 radical (unpaired) electrons. The van der Waals surface area contributed by atoms with Crippen molar-refractivity contribution in [3.05, 3.63) is 70.8 Å². The van der Waals surface area contributed by atoms with Crippen LogP contribution in [-0.2, 0) is 6.42 Å². The molecule has 0 spiro atoms. The Hall–Kier alpha value is -1.39. The van der Waals surface area contributed by atoms with E-state index >= 15 is 0 Å². The molecule has 1 N–H and O–H groups in total. The number of aryl methyl sites for hydroxylation is 1. The van der Waals surface area contributed by atoms with E-state index in [2.05, 4.69) is 41.7 Å². The van der Waals surface area contributed by atoms with Gasteiger partial charge in [0, 0.05) is 17.1 Å². The van der Waals surface area contributed by atoms with Crippen LogP contribution < -0.4 is 5.32 Å². The summed E-state index contributed by atoms with van der Waals surface area (Å²) in [6, 6.07) is 16.8. The highest BCUT2D eigenvalue weighted by Crippen LogP contribution is 2.45. The molecule has 2 nitrogen and oxygen atoms in total. The lowest BCUT2D eigenvalue weighted by Gasteiger charge is -2.26. The van der Waals surface area contributed by atoms with Crippen LogP contribution in [0.1, 0.15) is 50.5 Å². The van der Waals surface area contributed by atoms with E-state index in [1.807, 2.05) is 35.7 Å². The van der Waals surface area contributed by atoms with Crippen LogP contribution in [0.15, 0.2) is 48.5 Å². The van der Waals surface area contributed by atoms with E-state index in [0.717, 1.165) is 24.8 Å². The highest BCUT2D eigenvalue weighted by atomic mass is 32.2. The first-order valence-electron chi connectivity index (χ1n) is 8.53. The van der Waals surface area contributed by atoms with Crippen molar-refractivity contribution in [1.29, 1.82) is 0 Å². The zero-order valence-corrected chi connectivity index (χ0v) is 15.2. The van der Waals surface area contributed by atoms with Gasteiger partial charge in [-0.2, -0.15) is 0 Å². The number of amides is 1. The van der Waals surface area contributed by atoms with Crippen molar-refractivity contribution in [3.63, 3.8) is 0 Å². The van der Waals surface area contributed by atoms with Crippen molar-refractivity contribution in [1.82, 2.24) is 5.32 Å². The smallest absolute Gasteiger partial charge is 0.251 e. The quantitative estimate of drug-likeness (QED) is 0.842. The summed E-state index contributed by atoms with van der Waals surface area (Å²) in [6.45, 7) is 0. The Morgan fingerprint density at radius 1 is 1.00 bits per heavy atom. The minimum atomic E-state index is 0.0370. The topological polar surface area (TPSA) is 29.1 Å². The van der Waals surface area contributed by atoms with Gasteiger partial charge in [-0.25, -0.2) is 0 Å². The highest BCUT2D eigenvalue weighted by Gasteiger charge is 2.22. The van der Waals surface area contributed by atoms with Gasteiger partial charge in [-0.05, 0) is 48.1 Å². The van der Waals surface area contributed by atoms with Gasteiger partial charge < -0.3 is 5.32 Å². The Morgan fingerprint density at radius 2 is 1.75 bits per heavy atom. The Balaban J connectivity index is 1.47. The third-order valence-corrected chi connectivity index (χ3v) is 7.85. The molecule has 1 amide bonds. The maximum atomic E-state index is 12.6. The van der Waals surface area contributed by atoms with E-state index < -0.39 is 0 Å². The summed E-state index contributed by atoms with van der Waals surface area (Å²) in [5, 5.41) is 3.23. The molecule has 1 saturated heterocycles. The molecule has 1 atom stereocenters. The number of nitrogens with one attached hydrogen (secondary N) is 1. The number of benzene rings is 2. The maximum Gasteiger partial charge on any atom is 0.251 e. The predicted octanol–water partition coefficient (Wildman–Crippen LogP) is 4.97. The summed E-state index contributed by atoms with van der Waals surface area (Å²) >= 11 is 3.99. The number of thioether (sulfide) groups is 2. The SMILES string of the molecule is O=C(N[C@H]1CCCc2ccccc21)c1ccc(C2SCCS2)cc1. The van der Waals surface area contributed by atoms with Crippen LogP contribution in [0.4, 0.5) is 0 Å². The van der Waals surface area contributed by atoms with Crippen molar-refractivity contribution in [2.45, 2.75) is 29.9 Å². The minimum Gasteiger partial charge on any atom is -0.345 e. The lowest BCUT2D eigenvalue weighted by atomic mass is 9.87. The molecule has 1 fully saturated rings. The summed E-state index contributed by atoms with van der Waals surface area (Å²) in [6.07, 6.45) is 3.28. The molecular formula is C20H21NOS2. The van der Waals surface area contributed by atoms with Crippen LogP contribution in [0.2, 0.25) is 0 Å². The van der Waals surface area contributed by atoms with Gasteiger partial charge in [-0.15, -0.1) is 23.5 Å². The van der Waals surface area contributed by atoms with Crippen molar-refractivity contribution < 1.29 is 4.79 Å². The van der Waals surface area contributed by atoms with Gasteiger partial charge >= 0.3 is 0 Å². The largest absolute Gasteiger partial charge is 0.345 e. The van der Waals surface area contributed by atoms with Crippen LogP contribution in [0.3, 0.4) is 0 Å².